The van der Waals surface area contributed by atoms with Gasteiger partial charge in [0.1, 0.15) is 0 Å². The molecular formula is C18H27Cl2N3O2. The molecule has 0 aromatic heterocycles. The van der Waals surface area contributed by atoms with Crippen LogP contribution in [-0.4, -0.2) is 64.5 Å². The monoisotopic (exact) mass is 387 g/mol. The van der Waals surface area contributed by atoms with E-state index >= 15 is 0 Å². The molecule has 7 heteroatoms. The Morgan fingerprint density at radius 2 is 2.08 bits per heavy atom. The Morgan fingerprint density at radius 3 is 2.76 bits per heavy atom. The molecule has 1 aromatic rings. The van der Waals surface area contributed by atoms with Crippen molar-refractivity contribution in [3.8, 4) is 0 Å². The van der Waals surface area contributed by atoms with Gasteiger partial charge in [0.25, 0.3) is 0 Å². The van der Waals surface area contributed by atoms with Crippen LogP contribution in [0.5, 0.6) is 0 Å². The first-order valence-electron chi connectivity index (χ1n) is 8.60. The predicted octanol–water partition coefficient (Wildman–Crippen LogP) is 3.10. The average Bonchev–Trinajstić information content (AvgIpc) is 3.06. The number of nitrogens with zero attached hydrogens (tertiary/aromatic N) is 2. The smallest absolute Gasteiger partial charge is 0.193 e. The van der Waals surface area contributed by atoms with Gasteiger partial charge in [0.15, 0.2) is 5.96 Å². The summed E-state index contributed by atoms with van der Waals surface area (Å²) in [7, 11) is 3.50. The third kappa shape index (κ3) is 6.33. The fourth-order valence-electron chi connectivity index (χ4n) is 2.96. The van der Waals surface area contributed by atoms with E-state index in [1.165, 1.54) is 0 Å². The van der Waals surface area contributed by atoms with Gasteiger partial charge in [0, 0.05) is 49.8 Å². The maximum absolute atomic E-state index is 6.22. The second-order valence-electron chi connectivity index (χ2n) is 6.09. The molecule has 1 heterocycles. The molecule has 1 fully saturated rings. The van der Waals surface area contributed by atoms with E-state index in [0.717, 1.165) is 50.6 Å². The van der Waals surface area contributed by atoms with Crippen molar-refractivity contribution in [3.05, 3.63) is 33.8 Å². The summed E-state index contributed by atoms with van der Waals surface area (Å²) in [5, 5.41) is 4.82. The first-order valence-corrected chi connectivity index (χ1v) is 9.36. The van der Waals surface area contributed by atoms with E-state index in [2.05, 4.69) is 15.2 Å². The highest BCUT2D eigenvalue weighted by Crippen LogP contribution is 2.24. The summed E-state index contributed by atoms with van der Waals surface area (Å²) < 4.78 is 10.6. The van der Waals surface area contributed by atoms with Crippen molar-refractivity contribution in [2.75, 3.05) is 53.6 Å². The molecule has 2 rings (SSSR count). The predicted molar refractivity (Wildman–Crippen MR) is 104 cm³/mol. The molecular weight excluding hydrogens is 361 g/mol. The summed E-state index contributed by atoms with van der Waals surface area (Å²) in [6, 6.07) is 5.60. The van der Waals surface area contributed by atoms with Crippen LogP contribution in [-0.2, 0) is 15.9 Å². The van der Waals surface area contributed by atoms with E-state index in [0.29, 0.717) is 29.2 Å². The number of aliphatic imine (C=N–C) groups is 1. The molecule has 5 nitrogen and oxygen atoms in total. The van der Waals surface area contributed by atoms with E-state index in [1.807, 2.05) is 25.2 Å². The van der Waals surface area contributed by atoms with E-state index in [-0.39, 0.29) is 0 Å². The fraction of sp³-hybridized carbons (Fsp3) is 0.611. The van der Waals surface area contributed by atoms with Gasteiger partial charge in [0.2, 0.25) is 0 Å². The number of likely N-dealkylation sites (tertiary alicyclic amines) is 1. The van der Waals surface area contributed by atoms with Gasteiger partial charge in [-0.3, -0.25) is 4.99 Å². The molecule has 1 saturated heterocycles. The lowest BCUT2D eigenvalue weighted by atomic mass is 10.1. The summed E-state index contributed by atoms with van der Waals surface area (Å²) in [5.74, 6) is 1.45. The minimum absolute atomic E-state index is 0.536. The largest absolute Gasteiger partial charge is 0.382 e. The number of hydrogen-bond acceptors (Lipinski definition) is 3. The van der Waals surface area contributed by atoms with Crippen LogP contribution < -0.4 is 5.32 Å². The van der Waals surface area contributed by atoms with Gasteiger partial charge in [-0.1, -0.05) is 29.3 Å². The Labute approximate surface area is 160 Å². The fourth-order valence-corrected chi connectivity index (χ4v) is 3.54. The Morgan fingerprint density at radius 1 is 1.32 bits per heavy atom. The lowest BCUT2D eigenvalue weighted by Gasteiger charge is -2.22. The third-order valence-corrected chi connectivity index (χ3v) is 5.01. The van der Waals surface area contributed by atoms with Crippen molar-refractivity contribution in [2.45, 2.75) is 12.8 Å². The van der Waals surface area contributed by atoms with Crippen LogP contribution in [0.2, 0.25) is 10.0 Å². The van der Waals surface area contributed by atoms with Crippen LogP contribution in [0.3, 0.4) is 0 Å². The average molecular weight is 388 g/mol. The summed E-state index contributed by atoms with van der Waals surface area (Å²) in [4.78, 5) is 6.67. The zero-order valence-corrected chi connectivity index (χ0v) is 16.4. The zero-order chi connectivity index (χ0) is 18.1. The molecule has 1 aromatic carbocycles. The van der Waals surface area contributed by atoms with E-state index in [1.54, 1.807) is 7.11 Å². The zero-order valence-electron chi connectivity index (χ0n) is 14.9. The number of ether oxygens (including phenoxy) is 2. The number of nitrogens with one attached hydrogen (secondary N) is 1. The number of halogens is 2. The van der Waals surface area contributed by atoms with Crippen molar-refractivity contribution in [1.82, 2.24) is 10.2 Å². The van der Waals surface area contributed by atoms with Crippen molar-refractivity contribution in [3.63, 3.8) is 0 Å². The number of hydrogen-bond donors (Lipinski definition) is 1. The van der Waals surface area contributed by atoms with Gasteiger partial charge in [-0.15, -0.1) is 0 Å². The summed E-state index contributed by atoms with van der Waals surface area (Å²) >= 11 is 12.4. The van der Waals surface area contributed by atoms with Crippen molar-refractivity contribution >= 4 is 29.2 Å². The van der Waals surface area contributed by atoms with E-state index in [9.17, 15) is 0 Å². The first kappa shape index (κ1) is 20.3. The SMILES string of the molecule is CN=C(NCCc1c(Cl)cccc1Cl)N1CCC(COCCOC)C1. The maximum atomic E-state index is 6.22. The maximum Gasteiger partial charge on any atom is 0.193 e. The Balaban J connectivity index is 1.75. The summed E-state index contributed by atoms with van der Waals surface area (Å²) in [6.45, 7) is 4.75. The third-order valence-electron chi connectivity index (χ3n) is 4.30. The normalized spacial score (nSPS) is 18.0. The molecule has 1 atom stereocenters. The number of methoxy groups -OCH3 is 1. The van der Waals surface area contributed by atoms with Crippen LogP contribution in [0.15, 0.2) is 23.2 Å². The molecule has 0 aliphatic carbocycles. The molecule has 0 amide bonds. The number of guanidine groups is 1. The van der Waals surface area contributed by atoms with E-state index in [4.69, 9.17) is 32.7 Å². The lowest BCUT2D eigenvalue weighted by molar-refractivity contribution is 0.0536. The molecule has 0 spiro atoms. The molecule has 25 heavy (non-hydrogen) atoms. The van der Waals surface area contributed by atoms with Gasteiger partial charge < -0.3 is 19.7 Å². The van der Waals surface area contributed by atoms with Crippen LogP contribution in [0.1, 0.15) is 12.0 Å². The highest BCUT2D eigenvalue weighted by atomic mass is 35.5. The quantitative estimate of drug-likeness (QED) is 0.422. The molecule has 0 bridgehead atoms. The topological polar surface area (TPSA) is 46.1 Å². The summed E-state index contributed by atoms with van der Waals surface area (Å²) in [5.41, 5.74) is 0.972. The highest BCUT2D eigenvalue weighted by Gasteiger charge is 2.24. The lowest BCUT2D eigenvalue weighted by Crippen LogP contribution is -2.41. The van der Waals surface area contributed by atoms with Crippen LogP contribution in [0.4, 0.5) is 0 Å². The summed E-state index contributed by atoms with van der Waals surface area (Å²) in [6.07, 6.45) is 1.87. The van der Waals surface area contributed by atoms with Crippen LogP contribution >= 0.6 is 23.2 Å². The van der Waals surface area contributed by atoms with E-state index < -0.39 is 0 Å². The standard InChI is InChI=1S/C18H27Cl2N3O2/c1-21-18(22-8-6-15-16(19)4-3-5-17(15)20)23-9-7-14(12-23)13-25-11-10-24-2/h3-5,14H,6-13H2,1-2H3,(H,21,22). The minimum Gasteiger partial charge on any atom is -0.382 e. The molecule has 0 saturated carbocycles. The molecule has 0 radical (unpaired) electrons. The molecule has 1 unspecified atom stereocenters. The molecule has 1 aliphatic heterocycles. The highest BCUT2D eigenvalue weighted by molar-refractivity contribution is 6.35. The van der Waals surface area contributed by atoms with Gasteiger partial charge in [-0.2, -0.15) is 0 Å². The van der Waals surface area contributed by atoms with Gasteiger partial charge in [0.05, 0.1) is 19.8 Å². The second kappa shape index (κ2) is 10.9. The Hall–Kier alpha value is -1.01. The molecule has 140 valence electrons. The Bertz CT molecular complexity index is 549. The first-order chi connectivity index (χ1) is 12.2. The van der Waals surface area contributed by atoms with Crippen molar-refractivity contribution < 1.29 is 9.47 Å². The second-order valence-corrected chi connectivity index (χ2v) is 6.91. The molecule has 1 N–H and O–H groups in total. The van der Waals surface area contributed by atoms with Crippen molar-refractivity contribution in [2.24, 2.45) is 10.9 Å². The van der Waals surface area contributed by atoms with Crippen LogP contribution in [0, 0.1) is 5.92 Å². The van der Waals surface area contributed by atoms with Gasteiger partial charge >= 0.3 is 0 Å². The van der Waals surface area contributed by atoms with Gasteiger partial charge in [-0.05, 0) is 30.5 Å². The number of benzene rings is 1. The van der Waals surface area contributed by atoms with Crippen molar-refractivity contribution in [1.29, 1.82) is 0 Å². The van der Waals surface area contributed by atoms with Gasteiger partial charge in [-0.25, -0.2) is 0 Å². The van der Waals surface area contributed by atoms with Crippen LogP contribution in [0.25, 0.3) is 0 Å². The Kier molecular flexibility index (Phi) is 8.82. The minimum atomic E-state index is 0.536. The number of rotatable bonds is 8. The molecule has 1 aliphatic rings.